The molecule has 0 aromatic heterocycles. The van der Waals surface area contributed by atoms with Gasteiger partial charge in [0, 0.05) is 0 Å². The van der Waals surface area contributed by atoms with Gasteiger partial charge in [-0.1, -0.05) is 0 Å². The smallest absolute Gasteiger partial charge is 0.232 e. The van der Waals surface area contributed by atoms with E-state index in [1.165, 1.54) is 0 Å². The molecule has 0 unspecified atom stereocenters. The number of amides is 1. The molecule has 0 saturated carbocycles. The van der Waals surface area contributed by atoms with Crippen LogP contribution in [-0.4, -0.2) is 25.9 Å². The Labute approximate surface area is 98.5 Å². The van der Waals surface area contributed by atoms with Crippen molar-refractivity contribution in [1.82, 2.24) is 0 Å². The quantitative estimate of drug-likeness (QED) is 0.809. The van der Waals surface area contributed by atoms with E-state index in [0.29, 0.717) is 24.7 Å². The molecule has 17 heavy (non-hydrogen) atoms. The zero-order valence-corrected chi connectivity index (χ0v) is 9.49. The number of rotatable bonds is 2. The summed E-state index contributed by atoms with van der Waals surface area (Å²) in [5.74, 6) is 1.02. The molecule has 1 saturated heterocycles. The van der Waals surface area contributed by atoms with Crippen molar-refractivity contribution in [3.63, 3.8) is 0 Å². The van der Waals surface area contributed by atoms with Crippen LogP contribution in [0.15, 0.2) is 12.1 Å². The number of carbonyl (C=O) groups is 1. The highest BCUT2D eigenvalue weighted by Gasteiger charge is 2.47. The molecule has 0 atom stereocenters. The largest absolute Gasteiger partial charge is 0.454 e. The SMILES string of the molecule is Cc1cc2c(cc1C1(C(N)=O)COC1)OCO2. The van der Waals surface area contributed by atoms with Gasteiger partial charge in [-0.25, -0.2) is 0 Å². The highest BCUT2D eigenvalue weighted by Crippen LogP contribution is 2.41. The van der Waals surface area contributed by atoms with Gasteiger partial charge in [-0.15, -0.1) is 0 Å². The number of aryl methyl sites for hydroxylation is 1. The summed E-state index contributed by atoms with van der Waals surface area (Å²) in [5.41, 5.74) is 6.63. The summed E-state index contributed by atoms with van der Waals surface area (Å²) in [6.45, 7) is 2.82. The minimum atomic E-state index is -0.703. The predicted octanol–water partition coefficient (Wildman–Crippen LogP) is 0.477. The lowest BCUT2D eigenvalue weighted by Crippen LogP contribution is -2.56. The van der Waals surface area contributed by atoms with Crippen molar-refractivity contribution in [1.29, 1.82) is 0 Å². The van der Waals surface area contributed by atoms with Gasteiger partial charge in [0.15, 0.2) is 11.5 Å². The van der Waals surface area contributed by atoms with Crippen LogP contribution in [0, 0.1) is 6.92 Å². The lowest BCUT2D eigenvalue weighted by Gasteiger charge is -2.39. The standard InChI is InChI=1S/C12H13NO4/c1-7-2-9-10(17-6-16-9)3-8(7)12(11(13)14)4-15-5-12/h2-3H,4-6H2,1H3,(H2,13,14). The fraction of sp³-hybridized carbons (Fsp3) is 0.417. The van der Waals surface area contributed by atoms with Crippen LogP contribution in [-0.2, 0) is 14.9 Å². The highest BCUT2D eigenvalue weighted by atomic mass is 16.7. The van der Waals surface area contributed by atoms with Crippen molar-refractivity contribution in [2.45, 2.75) is 12.3 Å². The monoisotopic (exact) mass is 235 g/mol. The van der Waals surface area contributed by atoms with E-state index in [-0.39, 0.29) is 12.7 Å². The summed E-state index contributed by atoms with van der Waals surface area (Å²) in [6, 6.07) is 3.71. The molecule has 0 radical (unpaired) electrons. The molecule has 2 N–H and O–H groups in total. The second-order valence-corrected chi connectivity index (χ2v) is 4.46. The normalized spacial score (nSPS) is 19.8. The fourth-order valence-corrected chi connectivity index (χ4v) is 2.30. The Morgan fingerprint density at radius 2 is 1.94 bits per heavy atom. The van der Waals surface area contributed by atoms with Crippen molar-refractivity contribution < 1.29 is 19.0 Å². The second-order valence-electron chi connectivity index (χ2n) is 4.46. The molecule has 0 spiro atoms. The number of benzene rings is 1. The molecule has 90 valence electrons. The Balaban J connectivity index is 2.11. The first-order valence-corrected chi connectivity index (χ1v) is 5.42. The summed E-state index contributed by atoms with van der Waals surface area (Å²) in [6.07, 6.45) is 0. The molecule has 5 nitrogen and oxygen atoms in total. The minimum Gasteiger partial charge on any atom is -0.454 e. The van der Waals surface area contributed by atoms with Crippen LogP contribution in [0.4, 0.5) is 0 Å². The maximum atomic E-state index is 11.6. The van der Waals surface area contributed by atoms with Crippen molar-refractivity contribution in [3.05, 3.63) is 23.3 Å². The number of hydrogen-bond donors (Lipinski definition) is 1. The molecular weight excluding hydrogens is 222 g/mol. The van der Waals surface area contributed by atoms with Crippen LogP contribution in [0.5, 0.6) is 11.5 Å². The second kappa shape index (κ2) is 3.37. The average Bonchev–Trinajstić information content (AvgIpc) is 2.62. The maximum Gasteiger partial charge on any atom is 0.232 e. The first-order valence-electron chi connectivity index (χ1n) is 5.42. The van der Waals surface area contributed by atoms with Crippen molar-refractivity contribution in [3.8, 4) is 11.5 Å². The molecule has 0 aliphatic carbocycles. The zero-order valence-electron chi connectivity index (χ0n) is 9.49. The predicted molar refractivity (Wildman–Crippen MR) is 59.0 cm³/mol. The van der Waals surface area contributed by atoms with Gasteiger partial charge >= 0.3 is 0 Å². The maximum absolute atomic E-state index is 11.6. The van der Waals surface area contributed by atoms with E-state index in [1.54, 1.807) is 0 Å². The van der Waals surface area contributed by atoms with Gasteiger partial charge < -0.3 is 19.9 Å². The molecule has 1 aromatic carbocycles. The summed E-state index contributed by atoms with van der Waals surface area (Å²) >= 11 is 0. The first-order chi connectivity index (χ1) is 8.13. The third kappa shape index (κ3) is 1.32. The third-order valence-electron chi connectivity index (χ3n) is 3.40. The molecule has 2 aliphatic heterocycles. The molecule has 3 rings (SSSR count). The lowest BCUT2D eigenvalue weighted by molar-refractivity contribution is -0.141. The highest BCUT2D eigenvalue weighted by molar-refractivity contribution is 5.88. The number of ether oxygens (including phenoxy) is 3. The van der Waals surface area contributed by atoms with Crippen LogP contribution in [0.3, 0.4) is 0 Å². The van der Waals surface area contributed by atoms with Gasteiger partial charge in [-0.3, -0.25) is 4.79 Å². The summed E-state index contributed by atoms with van der Waals surface area (Å²) in [7, 11) is 0. The van der Waals surface area contributed by atoms with E-state index in [9.17, 15) is 4.79 Å². The van der Waals surface area contributed by atoms with Gasteiger partial charge in [-0.05, 0) is 30.2 Å². The van der Waals surface area contributed by atoms with Gasteiger partial charge in [0.2, 0.25) is 12.7 Å². The Hall–Kier alpha value is -1.75. The number of primary amides is 1. The molecule has 1 fully saturated rings. The molecule has 2 heterocycles. The van der Waals surface area contributed by atoms with Crippen molar-refractivity contribution in [2.75, 3.05) is 20.0 Å². The minimum absolute atomic E-state index is 0.221. The number of fused-ring (bicyclic) bond motifs is 1. The number of hydrogen-bond acceptors (Lipinski definition) is 4. The number of carbonyl (C=O) groups excluding carboxylic acids is 1. The average molecular weight is 235 g/mol. The molecule has 2 aliphatic rings. The van der Waals surface area contributed by atoms with E-state index >= 15 is 0 Å². The van der Waals surface area contributed by atoms with E-state index in [1.807, 2.05) is 19.1 Å². The molecule has 1 amide bonds. The van der Waals surface area contributed by atoms with Crippen molar-refractivity contribution in [2.24, 2.45) is 5.73 Å². The molecule has 0 bridgehead atoms. The Morgan fingerprint density at radius 1 is 1.29 bits per heavy atom. The first kappa shape index (κ1) is 10.4. The summed E-state index contributed by atoms with van der Waals surface area (Å²) in [4.78, 5) is 11.6. The van der Waals surface area contributed by atoms with Crippen LogP contribution < -0.4 is 15.2 Å². The van der Waals surface area contributed by atoms with Crippen molar-refractivity contribution >= 4 is 5.91 Å². The van der Waals surface area contributed by atoms with E-state index in [0.717, 1.165) is 11.1 Å². The third-order valence-corrected chi connectivity index (χ3v) is 3.40. The Morgan fingerprint density at radius 3 is 2.47 bits per heavy atom. The molecular formula is C12H13NO4. The van der Waals surface area contributed by atoms with Crippen LogP contribution in [0.1, 0.15) is 11.1 Å². The summed E-state index contributed by atoms with van der Waals surface area (Å²) in [5, 5.41) is 0. The Bertz CT molecular complexity index is 494. The van der Waals surface area contributed by atoms with Gasteiger partial charge in [-0.2, -0.15) is 0 Å². The van der Waals surface area contributed by atoms with Gasteiger partial charge in [0.25, 0.3) is 0 Å². The van der Waals surface area contributed by atoms with Gasteiger partial charge in [0.1, 0.15) is 5.41 Å². The zero-order chi connectivity index (χ0) is 12.0. The van der Waals surface area contributed by atoms with Crippen LogP contribution in [0.25, 0.3) is 0 Å². The van der Waals surface area contributed by atoms with Gasteiger partial charge in [0.05, 0.1) is 13.2 Å². The molecule has 1 aromatic rings. The topological polar surface area (TPSA) is 70.8 Å². The van der Waals surface area contributed by atoms with E-state index < -0.39 is 5.41 Å². The molecule has 5 heteroatoms. The van der Waals surface area contributed by atoms with E-state index in [2.05, 4.69) is 0 Å². The van der Waals surface area contributed by atoms with Crippen LogP contribution >= 0.6 is 0 Å². The number of nitrogens with two attached hydrogens (primary N) is 1. The fourth-order valence-electron chi connectivity index (χ4n) is 2.30. The summed E-state index contributed by atoms with van der Waals surface area (Å²) < 4.78 is 15.8. The van der Waals surface area contributed by atoms with Crippen LogP contribution in [0.2, 0.25) is 0 Å². The van der Waals surface area contributed by atoms with E-state index in [4.69, 9.17) is 19.9 Å². The lowest BCUT2D eigenvalue weighted by atomic mass is 9.76. The Kier molecular flexibility index (Phi) is 2.06.